The molecule has 0 radical (unpaired) electrons. The molecular weight excluding hydrogens is 336 g/mol. The highest BCUT2D eigenvalue weighted by atomic mass is 32.1. The lowest BCUT2D eigenvalue weighted by Crippen LogP contribution is -2.30. The third-order valence-electron chi connectivity index (χ3n) is 4.23. The Bertz CT molecular complexity index is 853. The molecule has 2 heterocycles. The number of carbonyl (C=O) groups is 1. The number of ether oxygens (including phenoxy) is 1. The van der Waals surface area contributed by atoms with Gasteiger partial charge in [0.1, 0.15) is 11.4 Å². The summed E-state index contributed by atoms with van der Waals surface area (Å²) in [5.41, 5.74) is 1.51. The summed E-state index contributed by atoms with van der Waals surface area (Å²) < 4.78 is 10.6. The highest BCUT2D eigenvalue weighted by Gasteiger charge is 2.24. The van der Waals surface area contributed by atoms with E-state index in [1.54, 1.807) is 25.3 Å². The highest BCUT2D eigenvalue weighted by Crippen LogP contribution is 2.30. The van der Waals surface area contributed by atoms with E-state index in [0.29, 0.717) is 11.5 Å². The second-order valence-corrected chi connectivity index (χ2v) is 6.97. The molecule has 0 fully saturated rings. The Morgan fingerprint density at radius 1 is 1.28 bits per heavy atom. The minimum atomic E-state index is -0.102. The Morgan fingerprint density at radius 3 is 2.60 bits per heavy atom. The number of rotatable bonds is 5. The zero-order chi connectivity index (χ0) is 18.0. The van der Waals surface area contributed by atoms with Gasteiger partial charge >= 0.3 is 0 Å². The van der Waals surface area contributed by atoms with Crippen molar-refractivity contribution >= 4 is 17.2 Å². The van der Waals surface area contributed by atoms with E-state index in [1.807, 2.05) is 50.2 Å². The first-order valence-corrected chi connectivity index (χ1v) is 8.75. The van der Waals surface area contributed by atoms with Crippen molar-refractivity contribution in [2.24, 2.45) is 0 Å². The fourth-order valence-corrected chi connectivity index (χ4v) is 3.42. The van der Waals surface area contributed by atoms with Crippen LogP contribution >= 0.6 is 11.3 Å². The Balaban J connectivity index is 1.82. The largest absolute Gasteiger partial charge is 0.497 e. The van der Waals surface area contributed by atoms with Crippen LogP contribution in [0.4, 0.5) is 0 Å². The zero-order valence-electron chi connectivity index (χ0n) is 14.6. The third kappa shape index (κ3) is 3.44. The molecule has 1 amide bonds. The lowest BCUT2D eigenvalue weighted by molar-refractivity contribution is 0.0737. The van der Waals surface area contributed by atoms with Gasteiger partial charge in [-0.1, -0.05) is 12.1 Å². The monoisotopic (exact) mass is 356 g/mol. The Kier molecular flexibility index (Phi) is 4.90. The molecular formula is C19H20N2O3S. The molecule has 5 nitrogen and oxygen atoms in total. The van der Waals surface area contributed by atoms with Crippen LogP contribution in [0, 0.1) is 6.92 Å². The molecule has 130 valence electrons. The van der Waals surface area contributed by atoms with Crippen LogP contribution in [0.3, 0.4) is 0 Å². The molecule has 0 N–H and O–H groups in total. The summed E-state index contributed by atoms with van der Waals surface area (Å²) >= 11 is 1.46. The SMILES string of the molecule is COc1ccc(C(C)N(C)C(=O)c2nc(-c3ccco3)sc2C)cc1. The number of benzene rings is 1. The highest BCUT2D eigenvalue weighted by molar-refractivity contribution is 7.15. The van der Waals surface area contributed by atoms with Crippen LogP contribution in [-0.4, -0.2) is 29.9 Å². The molecule has 2 aromatic heterocycles. The van der Waals surface area contributed by atoms with Crippen molar-refractivity contribution in [2.75, 3.05) is 14.2 Å². The lowest BCUT2D eigenvalue weighted by Gasteiger charge is -2.25. The number of nitrogens with zero attached hydrogens (tertiary/aromatic N) is 2. The third-order valence-corrected chi connectivity index (χ3v) is 5.22. The first-order valence-electron chi connectivity index (χ1n) is 7.93. The topological polar surface area (TPSA) is 55.6 Å². The molecule has 1 atom stereocenters. The summed E-state index contributed by atoms with van der Waals surface area (Å²) in [5, 5.41) is 0.719. The quantitative estimate of drug-likeness (QED) is 0.673. The van der Waals surface area contributed by atoms with E-state index in [4.69, 9.17) is 9.15 Å². The number of aromatic nitrogens is 1. The fraction of sp³-hybridized carbons (Fsp3) is 0.263. The van der Waals surface area contributed by atoms with Crippen LogP contribution in [0.25, 0.3) is 10.8 Å². The Labute approximate surface area is 150 Å². The van der Waals surface area contributed by atoms with Crippen molar-refractivity contribution in [3.63, 3.8) is 0 Å². The average molecular weight is 356 g/mol. The van der Waals surface area contributed by atoms with Gasteiger partial charge in [-0.25, -0.2) is 4.98 Å². The molecule has 0 bridgehead atoms. The van der Waals surface area contributed by atoms with Gasteiger partial charge in [0.25, 0.3) is 5.91 Å². The average Bonchev–Trinajstić information content (AvgIpc) is 3.29. The Hall–Kier alpha value is -2.60. The van der Waals surface area contributed by atoms with Crippen molar-refractivity contribution in [2.45, 2.75) is 19.9 Å². The van der Waals surface area contributed by atoms with Gasteiger partial charge in [0.2, 0.25) is 0 Å². The van der Waals surface area contributed by atoms with Gasteiger partial charge in [-0.3, -0.25) is 4.79 Å². The summed E-state index contributed by atoms with van der Waals surface area (Å²) in [6.45, 7) is 3.90. The maximum atomic E-state index is 12.9. The normalized spacial score (nSPS) is 12.0. The van der Waals surface area contributed by atoms with Crippen LogP contribution in [0.5, 0.6) is 5.75 Å². The molecule has 0 aliphatic heterocycles. The maximum Gasteiger partial charge on any atom is 0.273 e. The van der Waals surface area contributed by atoms with Gasteiger partial charge in [0.15, 0.2) is 10.8 Å². The number of aryl methyl sites for hydroxylation is 1. The van der Waals surface area contributed by atoms with Crippen molar-refractivity contribution in [1.29, 1.82) is 0 Å². The number of amides is 1. The second kappa shape index (κ2) is 7.11. The minimum Gasteiger partial charge on any atom is -0.497 e. The van der Waals surface area contributed by atoms with Crippen LogP contribution in [-0.2, 0) is 0 Å². The molecule has 0 saturated carbocycles. The van der Waals surface area contributed by atoms with Gasteiger partial charge in [0.05, 0.1) is 19.4 Å². The molecule has 1 aromatic carbocycles. The first-order chi connectivity index (χ1) is 12.0. The van der Waals surface area contributed by atoms with Crippen molar-refractivity contribution in [3.05, 3.63) is 58.8 Å². The molecule has 3 rings (SSSR count). The van der Waals surface area contributed by atoms with Crippen molar-refractivity contribution in [3.8, 4) is 16.5 Å². The number of hydrogen-bond donors (Lipinski definition) is 0. The molecule has 0 saturated heterocycles. The summed E-state index contributed by atoms with van der Waals surface area (Å²) in [6.07, 6.45) is 1.60. The van der Waals surface area contributed by atoms with Crippen LogP contribution in [0.2, 0.25) is 0 Å². The van der Waals surface area contributed by atoms with Gasteiger partial charge in [-0.05, 0) is 43.7 Å². The van der Waals surface area contributed by atoms with Crippen molar-refractivity contribution in [1.82, 2.24) is 9.88 Å². The molecule has 25 heavy (non-hydrogen) atoms. The van der Waals surface area contributed by atoms with Gasteiger partial charge in [-0.2, -0.15) is 0 Å². The van der Waals surface area contributed by atoms with Crippen molar-refractivity contribution < 1.29 is 13.9 Å². The number of furan rings is 1. The summed E-state index contributed by atoms with van der Waals surface area (Å²) in [5.74, 6) is 1.37. The predicted molar refractivity (Wildman–Crippen MR) is 98.1 cm³/mol. The van der Waals surface area contributed by atoms with E-state index in [-0.39, 0.29) is 11.9 Å². The van der Waals surface area contributed by atoms with Crippen LogP contribution < -0.4 is 4.74 Å². The standard InChI is InChI=1S/C19H20N2O3S/c1-12(14-7-9-15(23-4)10-8-14)21(3)19(22)17-13(2)25-18(20-17)16-6-5-11-24-16/h5-12H,1-4H3. The number of methoxy groups -OCH3 is 1. The van der Waals surface area contributed by atoms with E-state index in [2.05, 4.69) is 4.98 Å². The summed E-state index contributed by atoms with van der Waals surface area (Å²) in [6, 6.07) is 11.3. The first kappa shape index (κ1) is 17.2. The van der Waals surface area contributed by atoms with E-state index in [0.717, 1.165) is 21.2 Å². The van der Waals surface area contributed by atoms with Gasteiger partial charge < -0.3 is 14.1 Å². The lowest BCUT2D eigenvalue weighted by atomic mass is 10.1. The molecule has 6 heteroatoms. The Morgan fingerprint density at radius 2 is 2.00 bits per heavy atom. The zero-order valence-corrected chi connectivity index (χ0v) is 15.5. The number of hydrogen-bond acceptors (Lipinski definition) is 5. The fourth-order valence-electron chi connectivity index (χ4n) is 2.55. The minimum absolute atomic E-state index is 0.0773. The van der Waals surface area contributed by atoms with E-state index in [1.165, 1.54) is 11.3 Å². The maximum absolute atomic E-state index is 12.9. The summed E-state index contributed by atoms with van der Waals surface area (Å²) in [7, 11) is 3.43. The van der Waals surface area contributed by atoms with Gasteiger partial charge in [0, 0.05) is 11.9 Å². The smallest absolute Gasteiger partial charge is 0.273 e. The van der Waals surface area contributed by atoms with E-state index >= 15 is 0 Å². The van der Waals surface area contributed by atoms with Crippen LogP contribution in [0.1, 0.15) is 33.9 Å². The van der Waals surface area contributed by atoms with E-state index < -0.39 is 0 Å². The predicted octanol–water partition coefficient (Wildman–Crippen LogP) is 4.55. The molecule has 3 aromatic rings. The molecule has 0 aliphatic carbocycles. The van der Waals surface area contributed by atoms with E-state index in [9.17, 15) is 4.79 Å². The summed E-state index contributed by atoms with van der Waals surface area (Å²) in [4.78, 5) is 20.0. The number of carbonyl (C=O) groups excluding carboxylic acids is 1. The molecule has 0 spiro atoms. The number of thiazole rings is 1. The van der Waals surface area contributed by atoms with Crippen LogP contribution in [0.15, 0.2) is 47.1 Å². The van der Waals surface area contributed by atoms with Gasteiger partial charge in [-0.15, -0.1) is 11.3 Å². The molecule has 0 aliphatic rings. The second-order valence-electron chi connectivity index (χ2n) is 5.77. The molecule has 1 unspecified atom stereocenters.